The Kier molecular flexibility index (Phi) is 5.09. The number of ether oxygens (including phenoxy) is 1. The average molecular weight is 428 g/mol. The maximum atomic E-state index is 12.3. The van der Waals surface area contributed by atoms with Crippen LogP contribution in [0.4, 0.5) is 0 Å². The van der Waals surface area contributed by atoms with Gasteiger partial charge in [-0.2, -0.15) is 0 Å². The van der Waals surface area contributed by atoms with Crippen molar-refractivity contribution in [1.29, 1.82) is 0 Å². The minimum Gasteiger partial charge on any atom is -0.460 e. The van der Waals surface area contributed by atoms with Crippen LogP contribution in [0.1, 0.15) is 5.56 Å². The summed E-state index contributed by atoms with van der Waals surface area (Å²) in [5.41, 5.74) is 2.19. The standard InChI is InChI=1S/C24H16N2O4S/c27-22-11-16(24-17-6-2-1-5-15(17)9-10-20(24)30-22)13-29-23(28)14-31-21-12-25-18-7-3-4-8-19(18)26-21/h1-12H,13-14H2. The topological polar surface area (TPSA) is 82.3 Å². The van der Waals surface area contributed by atoms with Crippen LogP contribution in [0.25, 0.3) is 32.8 Å². The minimum absolute atomic E-state index is 0.0150. The van der Waals surface area contributed by atoms with E-state index < -0.39 is 11.6 Å². The second-order valence-electron chi connectivity index (χ2n) is 6.90. The van der Waals surface area contributed by atoms with Crippen LogP contribution in [-0.2, 0) is 16.1 Å². The lowest BCUT2D eigenvalue weighted by molar-refractivity contribution is -0.141. The van der Waals surface area contributed by atoms with Gasteiger partial charge in [0.05, 0.1) is 23.0 Å². The van der Waals surface area contributed by atoms with Gasteiger partial charge in [0.1, 0.15) is 17.2 Å². The second-order valence-corrected chi connectivity index (χ2v) is 7.89. The van der Waals surface area contributed by atoms with E-state index in [2.05, 4.69) is 9.97 Å². The normalized spacial score (nSPS) is 11.2. The zero-order valence-electron chi connectivity index (χ0n) is 16.3. The van der Waals surface area contributed by atoms with Gasteiger partial charge in [-0.15, -0.1) is 0 Å². The first kappa shape index (κ1) is 19.3. The highest BCUT2D eigenvalue weighted by Gasteiger charge is 2.12. The lowest BCUT2D eigenvalue weighted by Gasteiger charge is -2.09. The van der Waals surface area contributed by atoms with Crippen molar-refractivity contribution in [3.63, 3.8) is 0 Å². The Balaban J connectivity index is 1.33. The lowest BCUT2D eigenvalue weighted by atomic mass is 10.0. The minimum atomic E-state index is -0.477. The Morgan fingerprint density at radius 1 is 1.00 bits per heavy atom. The first-order valence-corrected chi connectivity index (χ1v) is 10.6. The number of benzene rings is 3. The van der Waals surface area contributed by atoms with Crippen LogP contribution in [0.5, 0.6) is 0 Å². The summed E-state index contributed by atoms with van der Waals surface area (Å²) in [4.78, 5) is 33.2. The summed E-state index contributed by atoms with van der Waals surface area (Å²) < 4.78 is 10.8. The number of thioether (sulfide) groups is 1. The lowest BCUT2D eigenvalue weighted by Crippen LogP contribution is -2.09. The molecule has 0 aliphatic rings. The Hall–Kier alpha value is -3.71. The molecule has 0 aliphatic heterocycles. The molecule has 152 valence electrons. The largest absolute Gasteiger partial charge is 0.460 e. The highest BCUT2D eigenvalue weighted by Crippen LogP contribution is 2.28. The van der Waals surface area contributed by atoms with Gasteiger partial charge in [-0.3, -0.25) is 9.78 Å². The predicted molar refractivity (Wildman–Crippen MR) is 120 cm³/mol. The third kappa shape index (κ3) is 4.00. The van der Waals surface area contributed by atoms with Crippen LogP contribution in [0.15, 0.2) is 87.2 Å². The van der Waals surface area contributed by atoms with Gasteiger partial charge in [-0.05, 0) is 29.0 Å². The molecule has 0 saturated heterocycles. The molecule has 0 unspecified atom stereocenters. The van der Waals surface area contributed by atoms with E-state index in [0.29, 0.717) is 16.2 Å². The molecule has 0 N–H and O–H groups in total. The molecule has 2 heterocycles. The fourth-order valence-corrected chi connectivity index (χ4v) is 4.12. The molecule has 2 aromatic heterocycles. The summed E-state index contributed by atoms with van der Waals surface area (Å²) in [7, 11) is 0. The van der Waals surface area contributed by atoms with Crippen LogP contribution in [0, 0.1) is 0 Å². The van der Waals surface area contributed by atoms with Gasteiger partial charge in [0.25, 0.3) is 0 Å². The van der Waals surface area contributed by atoms with Crippen molar-refractivity contribution in [2.45, 2.75) is 11.6 Å². The Morgan fingerprint density at radius 3 is 2.71 bits per heavy atom. The number of esters is 1. The molecule has 0 fully saturated rings. The molecule has 0 aliphatic carbocycles. The second kappa shape index (κ2) is 8.20. The van der Waals surface area contributed by atoms with Gasteiger partial charge in [-0.1, -0.05) is 54.2 Å². The van der Waals surface area contributed by atoms with E-state index in [1.54, 1.807) is 12.3 Å². The quantitative estimate of drug-likeness (QED) is 0.173. The van der Waals surface area contributed by atoms with Crippen molar-refractivity contribution in [2.75, 3.05) is 5.75 Å². The van der Waals surface area contributed by atoms with Gasteiger partial charge in [-0.25, -0.2) is 9.78 Å². The van der Waals surface area contributed by atoms with Crippen molar-refractivity contribution in [3.8, 4) is 0 Å². The molecule has 5 aromatic rings. The molecule has 0 atom stereocenters. The third-order valence-electron chi connectivity index (χ3n) is 4.87. The maximum Gasteiger partial charge on any atom is 0.336 e. The van der Waals surface area contributed by atoms with Crippen molar-refractivity contribution < 1.29 is 13.9 Å². The van der Waals surface area contributed by atoms with Gasteiger partial charge in [0.2, 0.25) is 0 Å². The smallest absolute Gasteiger partial charge is 0.336 e. The van der Waals surface area contributed by atoms with Crippen molar-refractivity contribution in [3.05, 3.63) is 88.9 Å². The van der Waals surface area contributed by atoms with Crippen LogP contribution in [-0.4, -0.2) is 21.7 Å². The van der Waals surface area contributed by atoms with E-state index in [1.165, 1.54) is 17.8 Å². The zero-order chi connectivity index (χ0) is 21.2. The highest BCUT2D eigenvalue weighted by molar-refractivity contribution is 7.99. The highest BCUT2D eigenvalue weighted by atomic mass is 32.2. The number of nitrogens with zero attached hydrogens (tertiary/aromatic N) is 2. The maximum absolute atomic E-state index is 12.3. The molecule has 6 nitrogen and oxygen atoms in total. The molecule has 0 spiro atoms. The molecule has 0 radical (unpaired) electrons. The fraction of sp³-hybridized carbons (Fsp3) is 0.0833. The monoisotopic (exact) mass is 428 g/mol. The fourth-order valence-electron chi connectivity index (χ4n) is 3.48. The van der Waals surface area contributed by atoms with E-state index in [9.17, 15) is 9.59 Å². The van der Waals surface area contributed by atoms with Crippen LogP contribution in [0.2, 0.25) is 0 Å². The van der Waals surface area contributed by atoms with Crippen molar-refractivity contribution in [2.24, 2.45) is 0 Å². The molecular formula is C24H16N2O4S. The summed E-state index contributed by atoms with van der Waals surface area (Å²) in [6.45, 7) is -0.0150. The van der Waals surface area contributed by atoms with Gasteiger partial charge >= 0.3 is 11.6 Å². The number of carbonyl (C=O) groups excluding carboxylic acids is 1. The number of hydrogen-bond donors (Lipinski definition) is 0. The van der Waals surface area contributed by atoms with Gasteiger partial charge in [0.15, 0.2) is 0 Å². The predicted octanol–water partition coefficient (Wildman–Crippen LogP) is 4.72. The zero-order valence-corrected chi connectivity index (χ0v) is 17.1. The van der Waals surface area contributed by atoms with Crippen LogP contribution in [0.3, 0.4) is 0 Å². The number of rotatable bonds is 5. The van der Waals surface area contributed by atoms with Crippen molar-refractivity contribution >= 4 is 50.5 Å². The molecule has 7 heteroatoms. The van der Waals surface area contributed by atoms with E-state index in [4.69, 9.17) is 9.15 Å². The van der Waals surface area contributed by atoms with Crippen molar-refractivity contribution in [1.82, 2.24) is 9.97 Å². The van der Waals surface area contributed by atoms with Gasteiger partial charge < -0.3 is 9.15 Å². The SMILES string of the molecule is O=C(CSc1cnc2ccccc2n1)OCc1cc(=O)oc2ccc3ccccc3c12. The molecular weight excluding hydrogens is 412 g/mol. The summed E-state index contributed by atoms with van der Waals surface area (Å²) in [6.07, 6.45) is 1.64. The number of para-hydroxylation sites is 2. The van der Waals surface area contributed by atoms with Crippen LogP contribution >= 0.6 is 11.8 Å². The number of carbonyl (C=O) groups is 1. The van der Waals surface area contributed by atoms with E-state index in [1.807, 2.05) is 54.6 Å². The number of hydrogen-bond acceptors (Lipinski definition) is 7. The molecule has 3 aromatic carbocycles. The summed E-state index contributed by atoms with van der Waals surface area (Å²) in [5, 5.41) is 3.38. The first-order chi connectivity index (χ1) is 15.2. The average Bonchev–Trinajstić information content (AvgIpc) is 2.80. The summed E-state index contributed by atoms with van der Waals surface area (Å²) >= 11 is 1.26. The molecule has 31 heavy (non-hydrogen) atoms. The first-order valence-electron chi connectivity index (χ1n) is 9.62. The van der Waals surface area contributed by atoms with E-state index in [-0.39, 0.29) is 12.4 Å². The van der Waals surface area contributed by atoms with Gasteiger partial charge in [0, 0.05) is 17.0 Å². The summed E-state index contributed by atoms with van der Waals surface area (Å²) in [6, 6.07) is 20.4. The third-order valence-corrected chi connectivity index (χ3v) is 5.74. The Morgan fingerprint density at radius 2 is 1.81 bits per heavy atom. The Bertz CT molecular complexity index is 1500. The Labute approximate surface area is 180 Å². The summed E-state index contributed by atoms with van der Waals surface area (Å²) in [5.74, 6) is -0.311. The molecule has 0 bridgehead atoms. The molecule has 0 amide bonds. The number of fused-ring (bicyclic) bond motifs is 4. The molecule has 0 saturated carbocycles. The number of aromatic nitrogens is 2. The molecule has 5 rings (SSSR count). The van der Waals surface area contributed by atoms with E-state index >= 15 is 0 Å². The van der Waals surface area contributed by atoms with E-state index in [0.717, 1.165) is 27.2 Å². The van der Waals surface area contributed by atoms with Crippen LogP contribution < -0.4 is 5.63 Å².